The first kappa shape index (κ1) is 18.5. The Morgan fingerprint density at radius 2 is 1.59 bits per heavy atom. The minimum Gasteiger partial charge on any atom is -0.508 e. The molecule has 1 aliphatic rings. The number of benzene rings is 3. The molecule has 0 aromatic heterocycles. The number of esters is 2. The maximum Gasteiger partial charge on any atom is 0.344 e. The average molecular weight is 386 g/mol. The molecule has 0 amide bonds. The molecule has 0 aliphatic carbocycles. The average Bonchev–Trinajstić information content (AvgIpc) is 3.02. The van der Waals surface area contributed by atoms with E-state index in [1.54, 1.807) is 36.4 Å². The number of carbonyl (C=O) groups excluding carboxylic acids is 2. The molecule has 4 rings (SSSR count). The molecule has 1 N–H and O–H groups in total. The van der Waals surface area contributed by atoms with Crippen molar-refractivity contribution in [2.24, 2.45) is 0 Å². The van der Waals surface area contributed by atoms with E-state index in [2.05, 4.69) is 13.5 Å². The lowest BCUT2D eigenvalue weighted by Gasteiger charge is -2.13. The second-order valence-electron chi connectivity index (χ2n) is 6.84. The minimum absolute atomic E-state index is 0.121. The zero-order valence-electron chi connectivity index (χ0n) is 15.7. The zero-order chi connectivity index (χ0) is 20.5. The number of hydrogen-bond acceptors (Lipinski definition) is 5. The highest BCUT2D eigenvalue weighted by Gasteiger charge is 2.26. The first-order valence-electron chi connectivity index (χ1n) is 9.09. The molecule has 0 radical (unpaired) electrons. The van der Waals surface area contributed by atoms with E-state index in [1.807, 2.05) is 24.3 Å². The van der Waals surface area contributed by atoms with Gasteiger partial charge in [0.15, 0.2) is 0 Å². The fourth-order valence-electron chi connectivity index (χ4n) is 3.25. The first-order valence-corrected chi connectivity index (χ1v) is 9.09. The summed E-state index contributed by atoms with van der Waals surface area (Å²) < 4.78 is 10.4. The Bertz CT molecular complexity index is 1110. The van der Waals surface area contributed by atoms with Crippen LogP contribution in [0.1, 0.15) is 50.2 Å². The number of cyclic esters (lactones) is 1. The predicted molar refractivity (Wildman–Crippen MR) is 108 cm³/mol. The molecule has 0 saturated heterocycles. The van der Waals surface area contributed by atoms with Gasteiger partial charge in [0.25, 0.3) is 0 Å². The van der Waals surface area contributed by atoms with E-state index in [0.29, 0.717) is 16.9 Å². The third-order valence-electron chi connectivity index (χ3n) is 4.98. The highest BCUT2D eigenvalue weighted by molar-refractivity contribution is 6.04. The van der Waals surface area contributed by atoms with Gasteiger partial charge in [0, 0.05) is 11.5 Å². The number of fused-ring (bicyclic) bond motifs is 1. The van der Waals surface area contributed by atoms with Crippen molar-refractivity contribution in [2.45, 2.75) is 12.8 Å². The van der Waals surface area contributed by atoms with Gasteiger partial charge < -0.3 is 14.6 Å². The van der Waals surface area contributed by atoms with E-state index in [-0.39, 0.29) is 23.0 Å². The molecule has 5 nitrogen and oxygen atoms in total. The van der Waals surface area contributed by atoms with E-state index in [0.717, 1.165) is 11.1 Å². The van der Waals surface area contributed by atoms with Gasteiger partial charge in [-0.15, -0.1) is 0 Å². The predicted octanol–water partition coefficient (Wildman–Crippen LogP) is 4.90. The normalized spacial score (nSPS) is 13.6. The third kappa shape index (κ3) is 3.62. The van der Waals surface area contributed by atoms with Gasteiger partial charge >= 0.3 is 11.9 Å². The van der Waals surface area contributed by atoms with Crippen LogP contribution in [-0.4, -0.2) is 17.0 Å². The summed E-state index contributed by atoms with van der Waals surface area (Å²) in [7, 11) is 0. The molecule has 1 heterocycles. The molecule has 3 aromatic rings. The van der Waals surface area contributed by atoms with Gasteiger partial charge in [-0.2, -0.15) is 0 Å². The van der Waals surface area contributed by atoms with Gasteiger partial charge in [0.2, 0.25) is 0 Å². The SMILES string of the molecule is C=C1OC(=O)c2cc(C(=O)Oc3ccc(C(C)c4ccc(O)cc4)cc3)ccc21. The lowest BCUT2D eigenvalue weighted by Crippen LogP contribution is -2.09. The number of ether oxygens (including phenoxy) is 2. The molecular formula is C24H18O5. The molecule has 1 aliphatic heterocycles. The molecule has 1 unspecified atom stereocenters. The molecule has 0 bridgehead atoms. The van der Waals surface area contributed by atoms with E-state index in [4.69, 9.17) is 9.47 Å². The fourth-order valence-corrected chi connectivity index (χ4v) is 3.25. The minimum atomic E-state index is -0.558. The van der Waals surface area contributed by atoms with Crippen molar-refractivity contribution in [3.05, 3.63) is 101 Å². The van der Waals surface area contributed by atoms with Crippen LogP contribution in [-0.2, 0) is 4.74 Å². The molecule has 144 valence electrons. The topological polar surface area (TPSA) is 72.8 Å². The molecule has 0 saturated carbocycles. The summed E-state index contributed by atoms with van der Waals surface area (Å²) in [4.78, 5) is 24.3. The Labute approximate surface area is 167 Å². The highest BCUT2D eigenvalue weighted by Crippen LogP contribution is 2.30. The number of carbonyl (C=O) groups is 2. The Balaban J connectivity index is 1.48. The van der Waals surface area contributed by atoms with E-state index in [9.17, 15) is 14.7 Å². The van der Waals surface area contributed by atoms with Crippen molar-refractivity contribution in [1.29, 1.82) is 0 Å². The summed E-state index contributed by atoms with van der Waals surface area (Å²) in [5.74, 6) is -0.0411. The summed E-state index contributed by atoms with van der Waals surface area (Å²) >= 11 is 0. The van der Waals surface area contributed by atoms with Crippen LogP contribution in [0, 0.1) is 0 Å². The second-order valence-corrected chi connectivity index (χ2v) is 6.84. The number of aromatic hydroxyl groups is 1. The maximum absolute atomic E-state index is 12.5. The molecule has 0 fully saturated rings. The van der Waals surface area contributed by atoms with Crippen LogP contribution in [0.25, 0.3) is 5.76 Å². The van der Waals surface area contributed by atoms with Crippen molar-refractivity contribution >= 4 is 17.7 Å². The van der Waals surface area contributed by atoms with Crippen molar-refractivity contribution in [3.8, 4) is 11.5 Å². The first-order chi connectivity index (χ1) is 13.9. The smallest absolute Gasteiger partial charge is 0.344 e. The lowest BCUT2D eigenvalue weighted by molar-refractivity contribution is 0.0716. The van der Waals surface area contributed by atoms with Crippen molar-refractivity contribution < 1.29 is 24.2 Å². The van der Waals surface area contributed by atoms with Crippen molar-refractivity contribution in [1.82, 2.24) is 0 Å². The third-order valence-corrected chi connectivity index (χ3v) is 4.98. The summed E-state index contributed by atoms with van der Waals surface area (Å²) in [5, 5.41) is 9.42. The Kier molecular flexibility index (Phi) is 4.64. The monoisotopic (exact) mass is 386 g/mol. The molecular weight excluding hydrogens is 368 g/mol. The molecule has 0 spiro atoms. The Hall–Kier alpha value is -3.86. The largest absolute Gasteiger partial charge is 0.508 e. The summed E-state index contributed by atoms with van der Waals surface area (Å²) in [5.41, 5.74) is 3.27. The van der Waals surface area contributed by atoms with Gasteiger partial charge in [-0.1, -0.05) is 37.8 Å². The maximum atomic E-state index is 12.5. The van der Waals surface area contributed by atoms with Gasteiger partial charge in [0.05, 0.1) is 11.1 Å². The molecule has 5 heteroatoms. The number of phenols is 1. The summed E-state index contributed by atoms with van der Waals surface area (Å²) in [6.45, 7) is 5.73. The summed E-state index contributed by atoms with van der Waals surface area (Å²) in [6, 6.07) is 19.0. The standard InChI is InChI=1S/C24H18O5/c1-14(16-3-8-19(25)9-4-16)17-5-10-20(11-6-17)29-23(26)18-7-12-21-15(2)28-24(27)22(21)13-18/h3-14,25H,2H2,1H3. The van der Waals surface area contributed by atoms with Gasteiger partial charge in [-0.25, -0.2) is 9.59 Å². The van der Waals surface area contributed by atoms with Crippen molar-refractivity contribution in [3.63, 3.8) is 0 Å². The van der Waals surface area contributed by atoms with Crippen LogP contribution in [0.4, 0.5) is 0 Å². The van der Waals surface area contributed by atoms with E-state index < -0.39 is 11.9 Å². The quantitative estimate of drug-likeness (QED) is 0.510. The van der Waals surface area contributed by atoms with E-state index >= 15 is 0 Å². The van der Waals surface area contributed by atoms with Crippen LogP contribution in [0.15, 0.2) is 73.3 Å². The van der Waals surface area contributed by atoms with Gasteiger partial charge in [-0.3, -0.25) is 0 Å². The van der Waals surface area contributed by atoms with Crippen LogP contribution in [0.3, 0.4) is 0 Å². The number of hydrogen-bond donors (Lipinski definition) is 1. The zero-order valence-corrected chi connectivity index (χ0v) is 15.7. The Morgan fingerprint density at radius 1 is 0.966 bits per heavy atom. The number of rotatable bonds is 4. The lowest BCUT2D eigenvalue weighted by atomic mass is 9.93. The van der Waals surface area contributed by atoms with Crippen molar-refractivity contribution in [2.75, 3.05) is 0 Å². The van der Waals surface area contributed by atoms with E-state index in [1.165, 1.54) is 6.07 Å². The van der Waals surface area contributed by atoms with Crippen LogP contribution in [0.2, 0.25) is 0 Å². The van der Waals surface area contributed by atoms with Gasteiger partial charge in [0.1, 0.15) is 17.3 Å². The highest BCUT2D eigenvalue weighted by atomic mass is 16.5. The fraction of sp³-hybridized carbons (Fsp3) is 0.0833. The van der Waals surface area contributed by atoms with Crippen LogP contribution in [0.5, 0.6) is 11.5 Å². The second kappa shape index (κ2) is 7.28. The van der Waals surface area contributed by atoms with Crippen LogP contribution < -0.4 is 4.74 Å². The molecule has 29 heavy (non-hydrogen) atoms. The Morgan fingerprint density at radius 3 is 2.24 bits per heavy atom. The van der Waals surface area contributed by atoms with Crippen LogP contribution >= 0.6 is 0 Å². The summed E-state index contributed by atoms with van der Waals surface area (Å²) in [6.07, 6.45) is 0. The van der Waals surface area contributed by atoms with Gasteiger partial charge in [-0.05, 0) is 53.6 Å². The molecule has 1 atom stereocenters. The number of phenolic OH excluding ortho intramolecular Hbond substituents is 1. The molecule has 3 aromatic carbocycles.